The Labute approximate surface area is 217 Å². The molecule has 0 aliphatic carbocycles. The highest BCUT2D eigenvalue weighted by Gasteiger charge is 2.30. The number of likely N-dealkylation sites (N-methyl/N-ethyl adjacent to an activating group) is 1. The van der Waals surface area contributed by atoms with Crippen molar-refractivity contribution in [3.63, 3.8) is 0 Å². The number of piperazine rings is 1. The molecule has 1 aromatic carbocycles. The van der Waals surface area contributed by atoms with E-state index in [-0.39, 0.29) is 11.9 Å². The van der Waals surface area contributed by atoms with Gasteiger partial charge in [-0.25, -0.2) is 0 Å². The third kappa shape index (κ3) is 8.74. The van der Waals surface area contributed by atoms with Gasteiger partial charge in [-0.05, 0) is 90.0 Å². The van der Waals surface area contributed by atoms with E-state index in [0.717, 1.165) is 35.9 Å². The van der Waals surface area contributed by atoms with Crippen molar-refractivity contribution in [3.05, 3.63) is 60.1 Å². The van der Waals surface area contributed by atoms with Crippen LogP contribution in [0.2, 0.25) is 0 Å². The van der Waals surface area contributed by atoms with Gasteiger partial charge in [-0.15, -0.1) is 0 Å². The molecule has 1 aromatic rings. The summed E-state index contributed by atoms with van der Waals surface area (Å²) < 4.78 is 3.62. The molecule has 194 valence electrons. The van der Waals surface area contributed by atoms with Crippen molar-refractivity contribution >= 4 is 23.5 Å². The highest BCUT2D eigenvalue weighted by atomic mass is 32.2. The fourth-order valence-electron chi connectivity index (χ4n) is 4.05. The minimum absolute atomic E-state index is 0.101. The molecule has 0 spiro atoms. The smallest absolute Gasteiger partial charge is 0.246 e. The van der Waals surface area contributed by atoms with E-state index in [2.05, 4.69) is 85.4 Å². The van der Waals surface area contributed by atoms with Crippen molar-refractivity contribution < 1.29 is 4.79 Å². The number of nitrogens with zero attached hydrogens (tertiary/aromatic N) is 3. The van der Waals surface area contributed by atoms with E-state index >= 15 is 0 Å². The van der Waals surface area contributed by atoms with Gasteiger partial charge in [0.15, 0.2) is 0 Å². The van der Waals surface area contributed by atoms with Gasteiger partial charge in [-0.2, -0.15) is 0 Å². The molecule has 7 heteroatoms. The highest BCUT2D eigenvalue weighted by molar-refractivity contribution is 7.97. The lowest BCUT2D eigenvalue weighted by atomic mass is 10.1. The summed E-state index contributed by atoms with van der Waals surface area (Å²) in [6.07, 6.45) is 7.64. The number of carbonyl (C=O) groups excluding carboxylic acids is 1. The Kier molecular flexibility index (Phi) is 11.9. The number of amides is 1. The van der Waals surface area contributed by atoms with Crippen LogP contribution in [0.3, 0.4) is 0 Å². The number of likely N-dealkylation sites (tertiary alicyclic amines) is 1. The molecule has 0 bridgehead atoms. The number of anilines is 1. The Hall–Kier alpha value is -2.22. The summed E-state index contributed by atoms with van der Waals surface area (Å²) in [5, 5.41) is 3.43. The van der Waals surface area contributed by atoms with Crippen LogP contribution in [0.1, 0.15) is 53.9 Å². The van der Waals surface area contributed by atoms with Crippen LogP contribution in [0.15, 0.2) is 65.0 Å². The van der Waals surface area contributed by atoms with Crippen molar-refractivity contribution in [2.24, 2.45) is 0 Å². The fraction of sp³-hybridized carbons (Fsp3) is 0.536. The molecule has 2 N–H and O–H groups in total. The van der Waals surface area contributed by atoms with Gasteiger partial charge in [-0.1, -0.05) is 39.0 Å². The van der Waals surface area contributed by atoms with Crippen LogP contribution in [0.4, 0.5) is 5.69 Å². The molecule has 0 unspecified atom stereocenters. The lowest BCUT2D eigenvalue weighted by Gasteiger charge is -2.40. The Morgan fingerprint density at radius 2 is 1.86 bits per heavy atom. The van der Waals surface area contributed by atoms with Crippen LogP contribution in [0.25, 0.3) is 0 Å². The summed E-state index contributed by atoms with van der Waals surface area (Å²) in [7, 11) is 4.01. The zero-order chi connectivity index (χ0) is 26.0. The number of benzene rings is 1. The van der Waals surface area contributed by atoms with Gasteiger partial charge < -0.3 is 20.0 Å². The Bertz CT molecular complexity index is 902. The number of hydrogen-bond donors (Lipinski definition) is 2. The molecule has 35 heavy (non-hydrogen) atoms. The first-order valence-electron chi connectivity index (χ1n) is 12.8. The second-order valence-electron chi connectivity index (χ2n) is 9.56. The number of rotatable bonds is 7. The van der Waals surface area contributed by atoms with E-state index in [1.807, 2.05) is 26.1 Å². The summed E-state index contributed by atoms with van der Waals surface area (Å²) in [6.45, 7) is 17.3. The molecule has 0 aromatic heterocycles. The Morgan fingerprint density at radius 3 is 2.46 bits per heavy atom. The van der Waals surface area contributed by atoms with Gasteiger partial charge in [0, 0.05) is 35.4 Å². The largest absolute Gasteiger partial charge is 0.358 e. The van der Waals surface area contributed by atoms with E-state index < -0.39 is 0 Å². The minimum atomic E-state index is 0.101. The Morgan fingerprint density at radius 1 is 1.20 bits per heavy atom. The van der Waals surface area contributed by atoms with Crippen LogP contribution in [0.5, 0.6) is 0 Å². The second kappa shape index (κ2) is 14.4. The number of nitrogens with one attached hydrogen (secondary N) is 2. The lowest BCUT2D eigenvalue weighted by Crippen LogP contribution is -2.48. The zero-order valence-corrected chi connectivity index (χ0v) is 23.5. The van der Waals surface area contributed by atoms with Crippen molar-refractivity contribution in [1.29, 1.82) is 0 Å². The predicted molar refractivity (Wildman–Crippen MR) is 151 cm³/mol. The maximum atomic E-state index is 12.4. The summed E-state index contributed by atoms with van der Waals surface area (Å²) in [5.41, 5.74) is 3.71. The first kappa shape index (κ1) is 29.0. The molecule has 0 atom stereocenters. The molecular weight excluding hydrogens is 454 g/mol. The second-order valence-corrected chi connectivity index (χ2v) is 10.5. The van der Waals surface area contributed by atoms with Gasteiger partial charge in [0.25, 0.3) is 0 Å². The third-order valence-electron chi connectivity index (χ3n) is 6.02. The third-order valence-corrected chi connectivity index (χ3v) is 6.96. The van der Waals surface area contributed by atoms with Crippen LogP contribution < -0.4 is 10.0 Å². The average Bonchev–Trinajstić information content (AvgIpc) is 2.81. The van der Waals surface area contributed by atoms with Crippen LogP contribution in [0, 0.1) is 0 Å². The average molecular weight is 500 g/mol. The van der Waals surface area contributed by atoms with Crippen molar-refractivity contribution in [3.8, 4) is 0 Å². The van der Waals surface area contributed by atoms with Crippen LogP contribution >= 0.6 is 11.9 Å². The van der Waals surface area contributed by atoms with Gasteiger partial charge in [-0.3, -0.25) is 9.52 Å². The Balaban J connectivity index is 0.00000137. The monoisotopic (exact) mass is 499 g/mol. The lowest BCUT2D eigenvalue weighted by molar-refractivity contribution is -0.131. The molecule has 6 nitrogen and oxygen atoms in total. The summed E-state index contributed by atoms with van der Waals surface area (Å²) >= 11 is 1.70. The highest BCUT2D eigenvalue weighted by Crippen LogP contribution is 2.28. The molecule has 2 aliphatic heterocycles. The molecule has 0 saturated carbocycles. The van der Waals surface area contributed by atoms with Crippen LogP contribution in [-0.4, -0.2) is 66.4 Å². The first-order valence-corrected chi connectivity index (χ1v) is 13.6. The maximum Gasteiger partial charge on any atom is 0.246 e. The molecule has 3 rings (SSSR count). The first-order chi connectivity index (χ1) is 16.7. The van der Waals surface area contributed by atoms with Crippen molar-refractivity contribution in [2.45, 2.75) is 70.9 Å². The SMILES string of the molecule is C=C(/C=C1\C(=C/C)N(C)C(=O)CN1C(C)C)Nc1cccc(SNC2CCN(C)CC2)c1.CCC. The number of allylic oxidation sites excluding steroid dienone is 2. The summed E-state index contributed by atoms with van der Waals surface area (Å²) in [4.78, 5) is 19.8. The van der Waals surface area contributed by atoms with E-state index in [4.69, 9.17) is 0 Å². The molecule has 2 aliphatic rings. The summed E-state index contributed by atoms with van der Waals surface area (Å²) in [5.74, 6) is 0.101. The van der Waals surface area contributed by atoms with Crippen molar-refractivity contribution in [2.75, 3.05) is 39.0 Å². The van der Waals surface area contributed by atoms with Gasteiger partial charge in [0.2, 0.25) is 5.91 Å². The number of carbonyl (C=O) groups is 1. The topological polar surface area (TPSA) is 50.9 Å². The normalized spacial score (nSPS) is 19.8. The minimum Gasteiger partial charge on any atom is -0.358 e. The standard InChI is InChI=1S/C25H37N5OS.C3H8/c1-7-23-24(30(18(2)3)17-25(31)29(23)6)15-19(4)26-21-9-8-10-22(16-21)32-27-20-11-13-28(5)14-12-20;1-3-2/h7-10,15-16,18,20,26-27H,4,11-14,17H2,1-3,5-6H3;3H2,1-2H3/b23-7+,24-15+;. The van der Waals surface area contributed by atoms with Gasteiger partial charge in [0.05, 0.1) is 17.9 Å². The van der Waals surface area contributed by atoms with Crippen LogP contribution in [-0.2, 0) is 4.79 Å². The molecular formula is C28H45N5OS. The number of piperidine rings is 1. The molecule has 2 fully saturated rings. The summed E-state index contributed by atoms with van der Waals surface area (Å²) in [6, 6.07) is 9.15. The van der Waals surface area contributed by atoms with Gasteiger partial charge >= 0.3 is 0 Å². The fourth-order valence-corrected chi connectivity index (χ4v) is 4.92. The van der Waals surface area contributed by atoms with E-state index in [9.17, 15) is 4.79 Å². The quantitative estimate of drug-likeness (QED) is 0.470. The van der Waals surface area contributed by atoms with Gasteiger partial charge in [0.1, 0.15) is 0 Å². The van der Waals surface area contributed by atoms with E-state index in [1.54, 1.807) is 16.8 Å². The van der Waals surface area contributed by atoms with Crippen molar-refractivity contribution in [1.82, 2.24) is 19.4 Å². The van der Waals surface area contributed by atoms with E-state index in [1.165, 1.54) is 24.2 Å². The van der Waals surface area contributed by atoms with E-state index in [0.29, 0.717) is 12.6 Å². The molecule has 2 saturated heterocycles. The number of hydrogen-bond acceptors (Lipinski definition) is 6. The molecule has 1 amide bonds. The predicted octanol–water partition coefficient (Wildman–Crippen LogP) is 5.69. The molecule has 2 heterocycles. The molecule has 0 radical (unpaired) electrons. The zero-order valence-electron chi connectivity index (χ0n) is 22.7. The maximum absolute atomic E-state index is 12.4.